The second-order valence-electron chi connectivity index (χ2n) is 4.88. The highest BCUT2D eigenvalue weighted by atomic mass is 35.5. The molecule has 0 aliphatic carbocycles. The lowest BCUT2D eigenvalue weighted by atomic mass is 10.0. The Bertz CT molecular complexity index is 239. The number of piperazine rings is 1. The summed E-state index contributed by atoms with van der Waals surface area (Å²) in [4.78, 5) is 16.5. The van der Waals surface area contributed by atoms with Gasteiger partial charge in [-0.3, -0.25) is 4.79 Å². The topological polar surface area (TPSA) is 35.6 Å². The van der Waals surface area contributed by atoms with E-state index in [-0.39, 0.29) is 24.8 Å². The lowest BCUT2D eigenvalue weighted by molar-refractivity contribution is -0.133. The second kappa shape index (κ2) is 8.97. The summed E-state index contributed by atoms with van der Waals surface area (Å²) in [5.74, 6) is 0.946. The average molecular weight is 298 g/mol. The third-order valence-electron chi connectivity index (χ3n) is 3.80. The van der Waals surface area contributed by atoms with Crippen molar-refractivity contribution in [2.45, 2.75) is 19.8 Å². The van der Waals surface area contributed by atoms with Crippen LogP contribution >= 0.6 is 24.8 Å². The molecule has 2 rings (SSSR count). The number of carbonyl (C=O) groups excluding carboxylic acids is 1. The van der Waals surface area contributed by atoms with E-state index in [9.17, 15) is 4.79 Å². The minimum atomic E-state index is 0. The molecule has 4 nitrogen and oxygen atoms in total. The summed E-state index contributed by atoms with van der Waals surface area (Å²) in [5.41, 5.74) is 0. The van der Waals surface area contributed by atoms with Crippen LogP contribution in [0.1, 0.15) is 19.8 Å². The van der Waals surface area contributed by atoms with Gasteiger partial charge in [-0.2, -0.15) is 0 Å². The van der Waals surface area contributed by atoms with Crippen LogP contribution in [0.15, 0.2) is 0 Å². The monoisotopic (exact) mass is 297 g/mol. The molecular weight excluding hydrogens is 273 g/mol. The number of rotatable bonds is 3. The van der Waals surface area contributed by atoms with E-state index in [0.29, 0.717) is 11.8 Å². The highest BCUT2D eigenvalue weighted by molar-refractivity contribution is 5.85. The maximum absolute atomic E-state index is 12.0. The molecule has 0 spiro atoms. The molecule has 2 fully saturated rings. The zero-order chi connectivity index (χ0) is 11.4. The Balaban J connectivity index is 0.00000144. The molecule has 2 heterocycles. The van der Waals surface area contributed by atoms with Gasteiger partial charge in [-0.05, 0) is 32.0 Å². The molecule has 0 saturated carbocycles. The van der Waals surface area contributed by atoms with Crippen LogP contribution in [0, 0.1) is 5.92 Å². The molecule has 2 saturated heterocycles. The van der Waals surface area contributed by atoms with Crippen LogP contribution in [0.4, 0.5) is 0 Å². The molecule has 2 aliphatic heterocycles. The van der Waals surface area contributed by atoms with Crippen molar-refractivity contribution in [2.24, 2.45) is 5.92 Å². The summed E-state index contributed by atoms with van der Waals surface area (Å²) in [5, 5.41) is 3.32. The molecule has 0 radical (unpaired) electrons. The summed E-state index contributed by atoms with van der Waals surface area (Å²) in [6.45, 7) is 9.34. The average Bonchev–Trinajstić information content (AvgIpc) is 2.82. The summed E-state index contributed by atoms with van der Waals surface area (Å²) in [6.07, 6.45) is 1.92. The predicted octanol–water partition coefficient (Wildman–Crippen LogP) is 0.994. The molecule has 108 valence electrons. The van der Waals surface area contributed by atoms with Gasteiger partial charge in [-0.25, -0.2) is 0 Å². The molecule has 6 heteroatoms. The zero-order valence-corrected chi connectivity index (χ0v) is 12.7. The fourth-order valence-electron chi connectivity index (χ4n) is 2.58. The highest BCUT2D eigenvalue weighted by Gasteiger charge is 2.24. The third kappa shape index (κ3) is 4.92. The Morgan fingerprint density at radius 1 is 1.22 bits per heavy atom. The normalized spacial score (nSPS) is 24.3. The quantitative estimate of drug-likeness (QED) is 0.844. The molecule has 0 aromatic heterocycles. The fraction of sp³-hybridized carbons (Fsp3) is 0.917. The van der Waals surface area contributed by atoms with E-state index < -0.39 is 0 Å². The van der Waals surface area contributed by atoms with Crippen LogP contribution < -0.4 is 5.32 Å². The Kier molecular flexibility index (Phi) is 8.95. The van der Waals surface area contributed by atoms with E-state index in [2.05, 4.69) is 17.1 Å². The molecule has 1 unspecified atom stereocenters. The van der Waals surface area contributed by atoms with Crippen molar-refractivity contribution in [1.82, 2.24) is 15.1 Å². The first-order valence-electron chi connectivity index (χ1n) is 6.50. The van der Waals surface area contributed by atoms with Gasteiger partial charge < -0.3 is 15.1 Å². The minimum absolute atomic E-state index is 0. The smallest absolute Gasteiger partial charge is 0.222 e. The number of carbonyl (C=O) groups is 1. The molecule has 1 amide bonds. The molecule has 1 N–H and O–H groups in total. The summed E-state index contributed by atoms with van der Waals surface area (Å²) < 4.78 is 0. The Morgan fingerprint density at radius 3 is 2.39 bits per heavy atom. The third-order valence-corrected chi connectivity index (χ3v) is 3.80. The van der Waals surface area contributed by atoms with Crippen LogP contribution in [-0.2, 0) is 4.79 Å². The molecule has 2 aliphatic rings. The number of amides is 1. The number of hydrogen-bond donors (Lipinski definition) is 1. The Morgan fingerprint density at radius 2 is 1.89 bits per heavy atom. The SMILES string of the molecule is CCN1CCN(C(=O)CC2CCNC2)CC1.Cl.Cl. The van der Waals surface area contributed by atoms with Crippen molar-refractivity contribution in [1.29, 1.82) is 0 Å². The van der Waals surface area contributed by atoms with E-state index in [4.69, 9.17) is 0 Å². The van der Waals surface area contributed by atoms with Gasteiger partial charge in [0.05, 0.1) is 0 Å². The standard InChI is InChI=1S/C12H23N3O.2ClH/c1-2-14-5-7-15(8-6-14)12(16)9-11-3-4-13-10-11;;/h11,13H,2-10H2,1H3;2*1H. The van der Waals surface area contributed by atoms with E-state index in [1.165, 1.54) is 6.42 Å². The number of hydrogen-bond acceptors (Lipinski definition) is 3. The number of halogens is 2. The first kappa shape index (κ1) is 18.0. The minimum Gasteiger partial charge on any atom is -0.340 e. The van der Waals surface area contributed by atoms with Crippen molar-refractivity contribution in [3.8, 4) is 0 Å². The number of nitrogens with zero attached hydrogens (tertiary/aromatic N) is 2. The highest BCUT2D eigenvalue weighted by Crippen LogP contribution is 2.14. The summed E-state index contributed by atoms with van der Waals surface area (Å²) in [7, 11) is 0. The Hall–Kier alpha value is -0.0300. The zero-order valence-electron chi connectivity index (χ0n) is 11.1. The van der Waals surface area contributed by atoms with Gasteiger partial charge in [-0.15, -0.1) is 24.8 Å². The van der Waals surface area contributed by atoms with Crippen molar-refractivity contribution in [2.75, 3.05) is 45.8 Å². The van der Waals surface area contributed by atoms with Crippen LogP contribution in [0.3, 0.4) is 0 Å². The molecule has 0 aromatic carbocycles. The largest absolute Gasteiger partial charge is 0.340 e. The van der Waals surface area contributed by atoms with Crippen LogP contribution in [0.2, 0.25) is 0 Å². The van der Waals surface area contributed by atoms with Gasteiger partial charge in [0.15, 0.2) is 0 Å². The predicted molar refractivity (Wildman–Crippen MR) is 78.8 cm³/mol. The lowest BCUT2D eigenvalue weighted by Gasteiger charge is -2.34. The Labute approximate surface area is 122 Å². The molecule has 0 aromatic rings. The maximum atomic E-state index is 12.0. The molecule has 0 bridgehead atoms. The maximum Gasteiger partial charge on any atom is 0.222 e. The van der Waals surface area contributed by atoms with Gasteiger partial charge >= 0.3 is 0 Å². The summed E-state index contributed by atoms with van der Waals surface area (Å²) in [6, 6.07) is 0. The number of likely N-dealkylation sites (N-methyl/N-ethyl adjacent to an activating group) is 1. The fourth-order valence-corrected chi connectivity index (χ4v) is 2.58. The van der Waals surface area contributed by atoms with Crippen molar-refractivity contribution >= 4 is 30.7 Å². The van der Waals surface area contributed by atoms with Crippen molar-refractivity contribution in [3.63, 3.8) is 0 Å². The van der Waals surface area contributed by atoms with Crippen LogP contribution in [0.5, 0.6) is 0 Å². The number of nitrogens with one attached hydrogen (secondary N) is 1. The molecule has 18 heavy (non-hydrogen) atoms. The van der Waals surface area contributed by atoms with Crippen molar-refractivity contribution < 1.29 is 4.79 Å². The first-order chi connectivity index (χ1) is 7.79. The van der Waals surface area contributed by atoms with Crippen LogP contribution in [-0.4, -0.2) is 61.5 Å². The van der Waals surface area contributed by atoms with E-state index in [1.807, 2.05) is 4.90 Å². The van der Waals surface area contributed by atoms with Gasteiger partial charge in [0, 0.05) is 32.6 Å². The lowest BCUT2D eigenvalue weighted by Crippen LogP contribution is -2.48. The van der Waals surface area contributed by atoms with Gasteiger partial charge in [-0.1, -0.05) is 6.92 Å². The van der Waals surface area contributed by atoms with Crippen LogP contribution in [0.25, 0.3) is 0 Å². The first-order valence-corrected chi connectivity index (χ1v) is 6.50. The second-order valence-corrected chi connectivity index (χ2v) is 4.88. The van der Waals surface area contributed by atoms with E-state index in [1.54, 1.807) is 0 Å². The van der Waals surface area contributed by atoms with Gasteiger partial charge in [0.1, 0.15) is 0 Å². The van der Waals surface area contributed by atoms with Gasteiger partial charge in [0.25, 0.3) is 0 Å². The molecule has 1 atom stereocenters. The van der Waals surface area contributed by atoms with E-state index in [0.717, 1.165) is 52.2 Å². The molecular formula is C12H25Cl2N3O. The summed E-state index contributed by atoms with van der Waals surface area (Å²) >= 11 is 0. The van der Waals surface area contributed by atoms with E-state index >= 15 is 0 Å². The van der Waals surface area contributed by atoms with Gasteiger partial charge in [0.2, 0.25) is 5.91 Å². The van der Waals surface area contributed by atoms with Crippen molar-refractivity contribution in [3.05, 3.63) is 0 Å².